The zero-order valence-electron chi connectivity index (χ0n) is 20.1. The lowest BCUT2D eigenvalue weighted by atomic mass is 9.81. The number of halogens is 2. The molecule has 4 heteroatoms. The van der Waals surface area contributed by atoms with Crippen molar-refractivity contribution in [3.8, 4) is 11.8 Å². The van der Waals surface area contributed by atoms with Gasteiger partial charge in [0.15, 0.2) is 0 Å². The minimum atomic E-state index is -0.567. The van der Waals surface area contributed by atoms with Crippen molar-refractivity contribution < 1.29 is 8.78 Å². The molecule has 3 aromatic carbocycles. The van der Waals surface area contributed by atoms with Gasteiger partial charge < -0.3 is 0 Å². The molecule has 1 aliphatic rings. The highest BCUT2D eigenvalue weighted by Gasteiger charge is 2.24. The van der Waals surface area contributed by atoms with Crippen LogP contribution in [0.15, 0.2) is 58.8 Å². The highest BCUT2D eigenvalue weighted by atomic mass is 19.1. The van der Waals surface area contributed by atoms with Crippen LogP contribution in [0.1, 0.15) is 66.5 Å². The number of azo groups is 1. The number of nitrogens with zero attached hydrogens (tertiary/aromatic N) is 2. The van der Waals surface area contributed by atoms with Crippen LogP contribution in [0.3, 0.4) is 0 Å². The monoisotopic (exact) mass is 456 g/mol. The van der Waals surface area contributed by atoms with Gasteiger partial charge in [-0.25, -0.2) is 8.78 Å². The second-order valence-electron chi connectivity index (χ2n) is 9.06. The maximum absolute atomic E-state index is 15.2. The molecule has 0 aromatic heterocycles. The van der Waals surface area contributed by atoms with Gasteiger partial charge in [0.05, 0.1) is 16.9 Å². The van der Waals surface area contributed by atoms with E-state index in [4.69, 9.17) is 0 Å². The molecular formula is C30H30F2N2. The summed E-state index contributed by atoms with van der Waals surface area (Å²) in [5.74, 6) is 5.25. The normalized spacial score (nSPS) is 15.1. The SMILES string of the molecule is CCCC1CCc2c(cc(F)c(C#Cc3ccc(N=Nc4ccc(C)cc4)cc3CC)c2F)C1. The van der Waals surface area contributed by atoms with Crippen LogP contribution in [0.25, 0.3) is 0 Å². The smallest absolute Gasteiger partial charge is 0.145 e. The number of hydrogen-bond donors (Lipinski definition) is 0. The summed E-state index contributed by atoms with van der Waals surface area (Å²) in [6.07, 6.45) is 5.29. The van der Waals surface area contributed by atoms with Gasteiger partial charge in [0.2, 0.25) is 0 Å². The van der Waals surface area contributed by atoms with Crippen LogP contribution in [-0.2, 0) is 19.3 Å². The molecule has 0 radical (unpaired) electrons. The molecule has 2 nitrogen and oxygen atoms in total. The van der Waals surface area contributed by atoms with Gasteiger partial charge in [-0.3, -0.25) is 0 Å². The first-order chi connectivity index (χ1) is 16.5. The molecule has 0 N–H and O–H groups in total. The lowest BCUT2D eigenvalue weighted by Crippen LogP contribution is -2.17. The summed E-state index contributed by atoms with van der Waals surface area (Å²) >= 11 is 0. The van der Waals surface area contributed by atoms with Crippen molar-refractivity contribution in [2.45, 2.75) is 59.3 Å². The zero-order chi connectivity index (χ0) is 24.1. The molecule has 3 aromatic rings. The maximum Gasteiger partial charge on any atom is 0.145 e. The first-order valence-corrected chi connectivity index (χ1v) is 12.1. The fourth-order valence-electron chi connectivity index (χ4n) is 4.61. The molecule has 0 aliphatic heterocycles. The van der Waals surface area contributed by atoms with Crippen molar-refractivity contribution in [2.24, 2.45) is 16.1 Å². The van der Waals surface area contributed by atoms with E-state index in [1.54, 1.807) is 0 Å². The van der Waals surface area contributed by atoms with Crippen LogP contribution in [0.4, 0.5) is 20.2 Å². The van der Waals surface area contributed by atoms with E-state index in [0.29, 0.717) is 17.9 Å². The minimum absolute atomic E-state index is 0.127. The highest BCUT2D eigenvalue weighted by molar-refractivity contribution is 5.54. The highest BCUT2D eigenvalue weighted by Crippen LogP contribution is 2.32. The van der Waals surface area contributed by atoms with Crippen molar-refractivity contribution in [1.82, 2.24) is 0 Å². The molecule has 1 aliphatic carbocycles. The fraction of sp³-hybridized carbons (Fsp3) is 0.333. The third kappa shape index (κ3) is 5.42. The van der Waals surface area contributed by atoms with E-state index in [9.17, 15) is 4.39 Å². The van der Waals surface area contributed by atoms with Crippen molar-refractivity contribution >= 4 is 11.4 Å². The van der Waals surface area contributed by atoms with Crippen LogP contribution in [-0.4, -0.2) is 0 Å². The third-order valence-corrected chi connectivity index (χ3v) is 6.53. The summed E-state index contributed by atoms with van der Waals surface area (Å²) in [4.78, 5) is 0. The molecule has 34 heavy (non-hydrogen) atoms. The zero-order valence-corrected chi connectivity index (χ0v) is 20.1. The summed E-state index contributed by atoms with van der Waals surface area (Å²) in [7, 11) is 0. The van der Waals surface area contributed by atoms with Crippen molar-refractivity contribution in [3.05, 3.63) is 93.5 Å². The molecule has 1 unspecified atom stereocenters. The van der Waals surface area contributed by atoms with Gasteiger partial charge in [0.25, 0.3) is 0 Å². The average Bonchev–Trinajstić information content (AvgIpc) is 2.84. The standard InChI is InChI=1S/C30H30F2N2/c1-4-6-21-9-15-27-24(17-21)19-29(31)28(30(27)32)16-11-23-10-14-26(18-22(23)5-2)34-33-25-12-7-20(3)8-13-25/h7-8,10,12-14,18-19,21H,4-6,9,15,17H2,1-3H3. The quantitative estimate of drug-likeness (QED) is 0.271. The van der Waals surface area contributed by atoms with E-state index in [1.165, 1.54) is 11.6 Å². The third-order valence-electron chi connectivity index (χ3n) is 6.53. The summed E-state index contributed by atoms with van der Waals surface area (Å²) in [6.45, 7) is 6.20. The van der Waals surface area contributed by atoms with Gasteiger partial charge in [0, 0.05) is 5.56 Å². The van der Waals surface area contributed by atoms with Crippen molar-refractivity contribution in [1.29, 1.82) is 0 Å². The van der Waals surface area contributed by atoms with Gasteiger partial charge >= 0.3 is 0 Å². The molecule has 0 amide bonds. The molecule has 0 bridgehead atoms. The van der Waals surface area contributed by atoms with E-state index < -0.39 is 11.6 Å². The number of hydrogen-bond acceptors (Lipinski definition) is 2. The molecule has 0 saturated carbocycles. The molecule has 4 rings (SSSR count). The topological polar surface area (TPSA) is 24.7 Å². The summed E-state index contributed by atoms with van der Waals surface area (Å²) in [5.41, 5.74) is 5.71. The van der Waals surface area contributed by atoms with Crippen LogP contribution in [0.5, 0.6) is 0 Å². The van der Waals surface area contributed by atoms with Crippen molar-refractivity contribution in [2.75, 3.05) is 0 Å². The minimum Gasteiger partial charge on any atom is -0.206 e. The van der Waals surface area contributed by atoms with Gasteiger partial charge in [-0.2, -0.15) is 10.2 Å². The predicted octanol–water partition coefficient (Wildman–Crippen LogP) is 8.56. The Morgan fingerprint density at radius 2 is 1.68 bits per heavy atom. The molecule has 174 valence electrons. The Bertz CT molecular complexity index is 1260. The molecule has 1 atom stereocenters. The van der Waals surface area contributed by atoms with E-state index in [1.807, 2.05) is 56.3 Å². The maximum atomic E-state index is 15.2. The Balaban J connectivity index is 1.58. The Kier molecular flexibility index (Phi) is 7.53. The number of rotatable bonds is 5. The van der Waals surface area contributed by atoms with Gasteiger partial charge in [0.1, 0.15) is 11.6 Å². The van der Waals surface area contributed by atoms with E-state index >= 15 is 4.39 Å². The Morgan fingerprint density at radius 3 is 2.41 bits per heavy atom. The number of aryl methyl sites for hydroxylation is 2. The van der Waals surface area contributed by atoms with E-state index in [2.05, 4.69) is 29.0 Å². The van der Waals surface area contributed by atoms with E-state index in [0.717, 1.165) is 60.2 Å². The van der Waals surface area contributed by atoms with E-state index in [-0.39, 0.29) is 5.56 Å². The fourth-order valence-corrected chi connectivity index (χ4v) is 4.61. The summed E-state index contributed by atoms with van der Waals surface area (Å²) in [6, 6.07) is 14.9. The Morgan fingerprint density at radius 1 is 0.941 bits per heavy atom. The second-order valence-corrected chi connectivity index (χ2v) is 9.06. The molecular weight excluding hydrogens is 426 g/mol. The largest absolute Gasteiger partial charge is 0.206 e. The summed E-state index contributed by atoms with van der Waals surface area (Å²) < 4.78 is 30.0. The van der Waals surface area contributed by atoms with Crippen LogP contribution >= 0.6 is 0 Å². The van der Waals surface area contributed by atoms with Crippen molar-refractivity contribution in [3.63, 3.8) is 0 Å². The lowest BCUT2D eigenvalue weighted by molar-refractivity contribution is 0.411. The van der Waals surface area contributed by atoms with Crippen LogP contribution < -0.4 is 0 Å². The second kappa shape index (κ2) is 10.7. The Labute approximate surface area is 201 Å². The Hall–Kier alpha value is -3.32. The number of benzene rings is 3. The first-order valence-electron chi connectivity index (χ1n) is 12.1. The molecule has 0 spiro atoms. The summed E-state index contributed by atoms with van der Waals surface area (Å²) in [5, 5.41) is 8.61. The average molecular weight is 457 g/mol. The van der Waals surface area contributed by atoms with Gasteiger partial charge in [-0.15, -0.1) is 0 Å². The lowest BCUT2D eigenvalue weighted by Gasteiger charge is -2.25. The first kappa shape index (κ1) is 23.8. The van der Waals surface area contributed by atoms with Crippen LogP contribution in [0, 0.1) is 36.3 Å². The molecule has 0 heterocycles. The molecule has 0 saturated heterocycles. The van der Waals surface area contributed by atoms with Gasteiger partial charge in [-0.1, -0.05) is 56.2 Å². The number of fused-ring (bicyclic) bond motifs is 1. The van der Waals surface area contributed by atoms with Gasteiger partial charge in [-0.05, 0) is 91.6 Å². The predicted molar refractivity (Wildman–Crippen MR) is 134 cm³/mol. The molecule has 0 fully saturated rings. The van der Waals surface area contributed by atoms with Crippen LogP contribution in [0.2, 0.25) is 0 Å².